The number of aliphatic hydroxyl groups is 2. The molecule has 2 unspecified atom stereocenters. The number of ether oxygens (including phenoxy) is 1. The standard InChI is InChI=1S/C53H101NO5/c1-3-5-7-9-11-13-15-16-17-18-19-20-24-27-31-35-39-43-47-53(58)59-48-44-40-36-32-28-25-22-21-23-26-30-34-38-42-46-52(57)54-50(49-55)51(56)45-41-37-33-29-14-12-10-8-6-4-2/h13,15,17-18,50-51,55-56H,3-12,14,16,19-49H2,1-2H3,(H,54,57)/b15-13-,18-17-. The van der Waals surface area contributed by atoms with Crippen molar-refractivity contribution in [3.8, 4) is 0 Å². The number of esters is 1. The lowest BCUT2D eigenvalue weighted by atomic mass is 10.0. The van der Waals surface area contributed by atoms with Crippen LogP contribution < -0.4 is 5.32 Å². The summed E-state index contributed by atoms with van der Waals surface area (Å²) in [7, 11) is 0. The normalized spacial score (nSPS) is 12.8. The van der Waals surface area contributed by atoms with Crippen LogP contribution in [0, 0.1) is 0 Å². The van der Waals surface area contributed by atoms with Gasteiger partial charge in [0, 0.05) is 12.8 Å². The molecule has 0 bridgehead atoms. The van der Waals surface area contributed by atoms with Crippen LogP contribution in [-0.2, 0) is 14.3 Å². The largest absolute Gasteiger partial charge is 0.466 e. The Morgan fingerprint density at radius 3 is 1.31 bits per heavy atom. The molecule has 0 aliphatic rings. The van der Waals surface area contributed by atoms with E-state index in [4.69, 9.17) is 4.74 Å². The van der Waals surface area contributed by atoms with Gasteiger partial charge in [0.2, 0.25) is 5.91 Å². The third-order valence-corrected chi connectivity index (χ3v) is 12.0. The average molecular weight is 832 g/mol. The molecule has 0 spiro atoms. The minimum Gasteiger partial charge on any atom is -0.466 e. The van der Waals surface area contributed by atoms with E-state index in [1.165, 1.54) is 186 Å². The summed E-state index contributed by atoms with van der Waals surface area (Å²) in [6.45, 7) is 4.89. The summed E-state index contributed by atoms with van der Waals surface area (Å²) in [5.74, 6) is -0.0575. The van der Waals surface area contributed by atoms with Gasteiger partial charge in [-0.1, -0.05) is 231 Å². The maximum atomic E-state index is 12.4. The first-order valence-electron chi connectivity index (χ1n) is 26.1. The molecule has 0 rings (SSSR count). The van der Waals surface area contributed by atoms with Gasteiger partial charge in [-0.25, -0.2) is 0 Å². The van der Waals surface area contributed by atoms with Crippen LogP contribution >= 0.6 is 0 Å². The third kappa shape index (κ3) is 45.7. The summed E-state index contributed by atoms with van der Waals surface area (Å²) in [5.41, 5.74) is 0. The molecule has 6 nitrogen and oxygen atoms in total. The van der Waals surface area contributed by atoms with Crippen molar-refractivity contribution in [1.29, 1.82) is 0 Å². The minimum atomic E-state index is -0.669. The molecule has 0 radical (unpaired) electrons. The smallest absolute Gasteiger partial charge is 0.305 e. The summed E-state index contributed by atoms with van der Waals surface area (Å²) in [6.07, 6.45) is 57.2. The minimum absolute atomic E-state index is 0.00983. The van der Waals surface area contributed by atoms with Gasteiger partial charge in [0.25, 0.3) is 0 Å². The van der Waals surface area contributed by atoms with Crippen molar-refractivity contribution in [3.05, 3.63) is 24.3 Å². The highest BCUT2D eigenvalue weighted by molar-refractivity contribution is 5.76. The van der Waals surface area contributed by atoms with Gasteiger partial charge in [-0.05, 0) is 57.8 Å². The number of nitrogens with one attached hydrogen (secondary N) is 1. The molecule has 0 aromatic heterocycles. The number of unbranched alkanes of at least 4 members (excludes halogenated alkanes) is 33. The van der Waals surface area contributed by atoms with Crippen molar-refractivity contribution in [3.63, 3.8) is 0 Å². The third-order valence-electron chi connectivity index (χ3n) is 12.0. The Morgan fingerprint density at radius 1 is 0.475 bits per heavy atom. The highest BCUT2D eigenvalue weighted by atomic mass is 16.5. The molecule has 0 aromatic rings. The molecule has 6 heteroatoms. The van der Waals surface area contributed by atoms with Crippen molar-refractivity contribution in [2.24, 2.45) is 0 Å². The number of aliphatic hydroxyl groups excluding tert-OH is 2. The predicted octanol–water partition coefficient (Wildman–Crippen LogP) is 15.5. The van der Waals surface area contributed by atoms with Crippen molar-refractivity contribution in [1.82, 2.24) is 5.32 Å². The molecule has 0 aromatic carbocycles. The van der Waals surface area contributed by atoms with E-state index in [1.807, 2.05) is 0 Å². The van der Waals surface area contributed by atoms with Crippen molar-refractivity contribution >= 4 is 11.9 Å². The Balaban J connectivity index is 3.42. The number of carbonyl (C=O) groups excluding carboxylic acids is 2. The highest BCUT2D eigenvalue weighted by Gasteiger charge is 2.20. The van der Waals surface area contributed by atoms with Crippen molar-refractivity contribution in [2.45, 2.75) is 289 Å². The van der Waals surface area contributed by atoms with Crippen molar-refractivity contribution in [2.75, 3.05) is 13.2 Å². The fraction of sp³-hybridized carbons (Fsp3) is 0.887. The number of allylic oxidation sites excluding steroid dienone is 4. The van der Waals surface area contributed by atoms with Gasteiger partial charge in [0.15, 0.2) is 0 Å². The molecule has 1 amide bonds. The average Bonchev–Trinajstić information content (AvgIpc) is 3.24. The van der Waals surface area contributed by atoms with Gasteiger partial charge in [-0.3, -0.25) is 9.59 Å². The quantitative estimate of drug-likeness (QED) is 0.0322. The van der Waals surface area contributed by atoms with Crippen LogP contribution in [-0.4, -0.2) is 47.4 Å². The second-order valence-corrected chi connectivity index (χ2v) is 17.9. The molecular formula is C53H101NO5. The second kappa shape index (κ2) is 49.0. The first kappa shape index (κ1) is 57.3. The van der Waals surface area contributed by atoms with Gasteiger partial charge in [-0.15, -0.1) is 0 Å². The lowest BCUT2D eigenvalue weighted by Crippen LogP contribution is -2.45. The Hall–Kier alpha value is -1.66. The lowest BCUT2D eigenvalue weighted by molar-refractivity contribution is -0.143. The summed E-state index contributed by atoms with van der Waals surface area (Å²) in [6, 6.07) is -0.548. The molecular weight excluding hydrogens is 731 g/mol. The summed E-state index contributed by atoms with van der Waals surface area (Å²) in [5, 5.41) is 23.1. The number of hydrogen-bond acceptors (Lipinski definition) is 5. The Kier molecular flexibility index (Phi) is 47.6. The van der Waals surface area contributed by atoms with Crippen LogP contribution in [0.2, 0.25) is 0 Å². The van der Waals surface area contributed by atoms with Gasteiger partial charge in [0.1, 0.15) is 0 Å². The monoisotopic (exact) mass is 832 g/mol. The van der Waals surface area contributed by atoms with Crippen molar-refractivity contribution < 1.29 is 24.5 Å². The summed E-state index contributed by atoms with van der Waals surface area (Å²) in [4.78, 5) is 24.5. The molecule has 0 heterocycles. The molecule has 0 saturated carbocycles. The first-order chi connectivity index (χ1) is 29.0. The van der Waals surface area contributed by atoms with Crippen LogP contribution in [0.1, 0.15) is 277 Å². The molecule has 0 saturated heterocycles. The molecule has 59 heavy (non-hydrogen) atoms. The van der Waals surface area contributed by atoms with E-state index in [2.05, 4.69) is 43.5 Å². The Morgan fingerprint density at radius 2 is 0.847 bits per heavy atom. The van der Waals surface area contributed by atoms with Gasteiger partial charge >= 0.3 is 5.97 Å². The number of amides is 1. The van der Waals surface area contributed by atoms with Gasteiger partial charge in [-0.2, -0.15) is 0 Å². The zero-order valence-electron chi connectivity index (χ0n) is 39.5. The SMILES string of the molecule is CCCCCC/C=C\C/C=C\CCCCCCCCCC(=O)OCCCCCCCCCCCCCCCCC(=O)NC(CO)C(O)CCCCCCCCCCCC. The molecule has 0 fully saturated rings. The van der Waals surface area contributed by atoms with E-state index in [0.717, 1.165) is 57.8 Å². The summed E-state index contributed by atoms with van der Waals surface area (Å²) >= 11 is 0. The molecule has 2 atom stereocenters. The van der Waals surface area contributed by atoms with Crippen LogP contribution in [0.25, 0.3) is 0 Å². The Bertz CT molecular complexity index is 920. The fourth-order valence-corrected chi connectivity index (χ4v) is 7.96. The molecule has 3 N–H and O–H groups in total. The maximum absolute atomic E-state index is 12.4. The van der Waals surface area contributed by atoms with E-state index in [9.17, 15) is 19.8 Å². The Labute approximate surface area is 367 Å². The van der Waals surface area contributed by atoms with Crippen LogP contribution in [0.4, 0.5) is 0 Å². The zero-order valence-corrected chi connectivity index (χ0v) is 39.5. The van der Waals surface area contributed by atoms with E-state index in [-0.39, 0.29) is 18.5 Å². The second-order valence-electron chi connectivity index (χ2n) is 17.9. The predicted molar refractivity (Wildman–Crippen MR) is 255 cm³/mol. The maximum Gasteiger partial charge on any atom is 0.305 e. The van der Waals surface area contributed by atoms with Crippen LogP contribution in [0.15, 0.2) is 24.3 Å². The molecule has 0 aliphatic carbocycles. The molecule has 0 aliphatic heterocycles. The van der Waals surface area contributed by atoms with Crippen LogP contribution in [0.5, 0.6) is 0 Å². The first-order valence-corrected chi connectivity index (χ1v) is 26.1. The highest BCUT2D eigenvalue weighted by Crippen LogP contribution is 2.16. The van der Waals surface area contributed by atoms with E-state index in [0.29, 0.717) is 25.9 Å². The zero-order chi connectivity index (χ0) is 43.0. The van der Waals surface area contributed by atoms with E-state index in [1.54, 1.807) is 0 Å². The van der Waals surface area contributed by atoms with E-state index < -0.39 is 12.1 Å². The topological polar surface area (TPSA) is 95.9 Å². The lowest BCUT2D eigenvalue weighted by Gasteiger charge is -2.22. The molecule has 348 valence electrons. The van der Waals surface area contributed by atoms with Crippen LogP contribution in [0.3, 0.4) is 0 Å². The van der Waals surface area contributed by atoms with Gasteiger partial charge < -0.3 is 20.3 Å². The fourth-order valence-electron chi connectivity index (χ4n) is 7.96. The van der Waals surface area contributed by atoms with Gasteiger partial charge in [0.05, 0.1) is 25.4 Å². The number of carbonyl (C=O) groups is 2. The number of rotatable bonds is 48. The van der Waals surface area contributed by atoms with E-state index >= 15 is 0 Å². The number of hydrogen-bond donors (Lipinski definition) is 3. The summed E-state index contributed by atoms with van der Waals surface area (Å²) < 4.78 is 5.47.